The van der Waals surface area contributed by atoms with E-state index in [9.17, 15) is 9.59 Å². The van der Waals surface area contributed by atoms with Crippen molar-refractivity contribution in [1.29, 1.82) is 0 Å². The number of hydrogen-bond donors (Lipinski definition) is 1. The Morgan fingerprint density at radius 2 is 2.06 bits per heavy atom. The summed E-state index contributed by atoms with van der Waals surface area (Å²) in [6, 6.07) is 15.2. The molecule has 0 aliphatic rings. The summed E-state index contributed by atoms with van der Waals surface area (Å²) < 4.78 is 13.4. The Bertz CT molecular complexity index is 1430. The lowest BCUT2D eigenvalue weighted by atomic mass is 10.2. The van der Waals surface area contributed by atoms with Crippen LogP contribution in [0.4, 0.5) is 0 Å². The SMILES string of the molecule is CCc1cc2c(=O)n(CC(=O)N/N=C/c3cc(Br)c(OCc4ccccc4)c(OC)c3)cnc2s1. The number of fused-ring (bicyclic) bond motifs is 1. The summed E-state index contributed by atoms with van der Waals surface area (Å²) in [5.74, 6) is 0.653. The van der Waals surface area contributed by atoms with Crippen LogP contribution in [0.3, 0.4) is 0 Å². The number of thiophene rings is 1. The van der Waals surface area contributed by atoms with Gasteiger partial charge in [0, 0.05) is 4.88 Å². The monoisotopic (exact) mass is 554 g/mol. The zero-order chi connectivity index (χ0) is 24.8. The smallest absolute Gasteiger partial charge is 0.262 e. The molecule has 0 atom stereocenters. The molecule has 1 amide bonds. The third-order valence-corrected chi connectivity index (χ3v) is 6.89. The van der Waals surface area contributed by atoms with Crippen molar-refractivity contribution < 1.29 is 14.3 Å². The average Bonchev–Trinajstić information content (AvgIpc) is 3.30. The van der Waals surface area contributed by atoms with Crippen molar-refractivity contribution in [2.24, 2.45) is 5.10 Å². The van der Waals surface area contributed by atoms with Gasteiger partial charge in [0.15, 0.2) is 11.5 Å². The normalized spacial score (nSPS) is 11.2. The summed E-state index contributed by atoms with van der Waals surface area (Å²) in [5.41, 5.74) is 3.92. The van der Waals surface area contributed by atoms with E-state index in [4.69, 9.17) is 9.47 Å². The molecule has 8 nitrogen and oxygen atoms in total. The summed E-state index contributed by atoms with van der Waals surface area (Å²) >= 11 is 5.00. The molecule has 0 aliphatic heterocycles. The second-order valence-corrected chi connectivity index (χ2v) is 9.53. The third kappa shape index (κ3) is 5.95. The van der Waals surface area contributed by atoms with Gasteiger partial charge in [0.05, 0.1) is 29.5 Å². The van der Waals surface area contributed by atoms with Crippen LogP contribution in [-0.4, -0.2) is 28.8 Å². The molecule has 2 heterocycles. The van der Waals surface area contributed by atoms with Crippen molar-refractivity contribution in [3.8, 4) is 11.5 Å². The quantitative estimate of drug-likeness (QED) is 0.242. The van der Waals surface area contributed by atoms with Gasteiger partial charge in [0.25, 0.3) is 11.5 Å². The highest BCUT2D eigenvalue weighted by Gasteiger charge is 2.13. The topological polar surface area (TPSA) is 94.8 Å². The largest absolute Gasteiger partial charge is 0.493 e. The van der Waals surface area contributed by atoms with Crippen molar-refractivity contribution >= 4 is 49.6 Å². The molecule has 0 saturated carbocycles. The Kier molecular flexibility index (Phi) is 7.94. The summed E-state index contributed by atoms with van der Waals surface area (Å²) in [7, 11) is 1.55. The minimum atomic E-state index is -0.440. The standard InChI is InChI=1S/C25H23BrN4O4S/c1-3-18-11-19-24(35-18)27-15-30(25(19)32)13-22(31)29-28-12-17-9-20(26)23(21(10-17)33-2)34-14-16-7-5-4-6-8-16/h4-12,15H,3,13-14H2,1-2H3,(H,29,31)/b28-12+. The molecule has 0 saturated heterocycles. The lowest BCUT2D eigenvalue weighted by molar-refractivity contribution is -0.121. The van der Waals surface area contributed by atoms with E-state index in [0.717, 1.165) is 16.9 Å². The summed E-state index contributed by atoms with van der Waals surface area (Å²) in [6.07, 6.45) is 3.71. The zero-order valence-electron chi connectivity index (χ0n) is 19.2. The second kappa shape index (κ2) is 11.3. The number of nitrogens with one attached hydrogen (secondary N) is 1. The van der Waals surface area contributed by atoms with Crippen molar-refractivity contribution in [3.05, 3.63) is 85.7 Å². The van der Waals surface area contributed by atoms with Gasteiger partial charge in [0.1, 0.15) is 18.0 Å². The zero-order valence-corrected chi connectivity index (χ0v) is 21.6. The first kappa shape index (κ1) is 24.6. The van der Waals surface area contributed by atoms with Crippen LogP contribution in [0.5, 0.6) is 11.5 Å². The molecule has 0 spiro atoms. The number of hydrazone groups is 1. The summed E-state index contributed by atoms with van der Waals surface area (Å²) in [6.45, 7) is 2.23. The third-order valence-electron chi connectivity index (χ3n) is 5.11. The van der Waals surface area contributed by atoms with Crippen LogP contribution >= 0.6 is 27.3 Å². The fourth-order valence-electron chi connectivity index (χ4n) is 3.35. The van der Waals surface area contributed by atoms with Crippen molar-refractivity contribution in [3.63, 3.8) is 0 Å². The van der Waals surface area contributed by atoms with Crippen LogP contribution in [0, 0.1) is 0 Å². The van der Waals surface area contributed by atoms with Crippen molar-refractivity contribution in [2.75, 3.05) is 7.11 Å². The minimum Gasteiger partial charge on any atom is -0.493 e. The first-order valence-electron chi connectivity index (χ1n) is 10.8. The number of nitrogens with zero attached hydrogens (tertiary/aromatic N) is 3. The van der Waals surface area contributed by atoms with E-state index in [2.05, 4.69) is 31.4 Å². The van der Waals surface area contributed by atoms with Gasteiger partial charge in [-0.05, 0) is 51.7 Å². The second-order valence-electron chi connectivity index (χ2n) is 7.56. The van der Waals surface area contributed by atoms with E-state index in [1.165, 1.54) is 28.4 Å². The Hall–Kier alpha value is -3.50. The lowest BCUT2D eigenvalue weighted by Crippen LogP contribution is -2.29. The van der Waals surface area contributed by atoms with Gasteiger partial charge < -0.3 is 9.47 Å². The highest BCUT2D eigenvalue weighted by molar-refractivity contribution is 9.10. The van der Waals surface area contributed by atoms with E-state index in [1.807, 2.05) is 49.4 Å². The Balaban J connectivity index is 1.41. The number of ether oxygens (including phenoxy) is 2. The van der Waals surface area contributed by atoms with Gasteiger partial charge >= 0.3 is 0 Å². The number of rotatable bonds is 9. The van der Waals surface area contributed by atoms with Gasteiger partial charge in [-0.3, -0.25) is 14.2 Å². The van der Waals surface area contributed by atoms with Crippen molar-refractivity contribution in [2.45, 2.75) is 26.5 Å². The molecular formula is C25H23BrN4O4S. The number of benzene rings is 2. The Labute approximate surface area is 214 Å². The number of carbonyl (C=O) groups excluding carboxylic acids is 1. The highest BCUT2D eigenvalue weighted by atomic mass is 79.9. The number of methoxy groups -OCH3 is 1. The van der Waals surface area contributed by atoms with E-state index < -0.39 is 5.91 Å². The summed E-state index contributed by atoms with van der Waals surface area (Å²) in [4.78, 5) is 31.1. The van der Waals surface area contributed by atoms with E-state index in [-0.39, 0.29) is 12.1 Å². The fraction of sp³-hybridized carbons (Fsp3) is 0.200. The van der Waals surface area contributed by atoms with Crippen molar-refractivity contribution in [1.82, 2.24) is 15.0 Å². The maximum atomic E-state index is 12.7. The molecule has 0 bridgehead atoms. The van der Waals surface area contributed by atoms with Gasteiger partial charge in [-0.1, -0.05) is 37.3 Å². The molecular weight excluding hydrogens is 532 g/mol. The first-order chi connectivity index (χ1) is 17.0. The van der Waals surface area contributed by atoms with Crippen LogP contribution in [0.1, 0.15) is 22.9 Å². The predicted molar refractivity (Wildman–Crippen MR) is 140 cm³/mol. The molecule has 4 rings (SSSR count). The van der Waals surface area contributed by atoms with Gasteiger partial charge in [-0.15, -0.1) is 11.3 Å². The molecule has 2 aromatic heterocycles. The van der Waals surface area contributed by atoms with Crippen LogP contribution in [0.2, 0.25) is 0 Å². The number of halogens is 1. The van der Waals surface area contributed by atoms with E-state index in [0.29, 0.717) is 38.4 Å². The molecule has 10 heteroatoms. The number of hydrogen-bond acceptors (Lipinski definition) is 7. The molecule has 180 valence electrons. The Morgan fingerprint density at radius 3 is 2.80 bits per heavy atom. The Morgan fingerprint density at radius 1 is 1.26 bits per heavy atom. The van der Waals surface area contributed by atoms with Crippen LogP contribution < -0.4 is 20.5 Å². The van der Waals surface area contributed by atoms with Gasteiger partial charge in [0.2, 0.25) is 0 Å². The molecule has 1 N–H and O–H groups in total. The molecule has 4 aromatic rings. The molecule has 35 heavy (non-hydrogen) atoms. The molecule has 2 aromatic carbocycles. The number of aryl methyl sites for hydroxylation is 1. The molecule has 0 aliphatic carbocycles. The maximum absolute atomic E-state index is 12.7. The predicted octanol–water partition coefficient (Wildman–Crippen LogP) is 4.52. The minimum absolute atomic E-state index is 0.185. The number of carbonyl (C=O) groups is 1. The van der Waals surface area contributed by atoms with Gasteiger partial charge in [-0.2, -0.15) is 5.10 Å². The van der Waals surface area contributed by atoms with Crippen LogP contribution in [-0.2, 0) is 24.4 Å². The highest BCUT2D eigenvalue weighted by Crippen LogP contribution is 2.36. The van der Waals surface area contributed by atoms with E-state index >= 15 is 0 Å². The first-order valence-corrected chi connectivity index (χ1v) is 12.4. The van der Waals surface area contributed by atoms with Crippen LogP contribution in [0.25, 0.3) is 10.2 Å². The number of amides is 1. The molecule has 0 fully saturated rings. The van der Waals surface area contributed by atoms with Gasteiger partial charge in [-0.25, -0.2) is 10.4 Å². The van der Waals surface area contributed by atoms with Crippen LogP contribution in [0.15, 0.2) is 69.2 Å². The maximum Gasteiger partial charge on any atom is 0.262 e. The molecule has 0 radical (unpaired) electrons. The molecule has 0 unspecified atom stereocenters. The summed E-state index contributed by atoms with van der Waals surface area (Å²) in [5, 5.41) is 4.54. The lowest BCUT2D eigenvalue weighted by Gasteiger charge is -2.13. The number of aromatic nitrogens is 2. The van der Waals surface area contributed by atoms with E-state index in [1.54, 1.807) is 13.2 Å². The average molecular weight is 555 g/mol. The fourth-order valence-corrected chi connectivity index (χ4v) is 4.85.